The molecule has 210 valence electrons. The summed E-state index contributed by atoms with van der Waals surface area (Å²) in [7, 11) is 0. The molecule has 0 atom stereocenters. The molecule has 1 saturated heterocycles. The zero-order valence-electron chi connectivity index (χ0n) is 23.7. The van der Waals surface area contributed by atoms with E-state index in [-0.39, 0.29) is 0 Å². The van der Waals surface area contributed by atoms with Gasteiger partial charge < -0.3 is 28.7 Å². The van der Waals surface area contributed by atoms with Crippen LogP contribution in [-0.4, -0.2) is 26.6 Å². The summed E-state index contributed by atoms with van der Waals surface area (Å²) < 4.78 is 24.0. The van der Waals surface area contributed by atoms with Crippen LogP contribution in [0.3, 0.4) is 0 Å². The fraction of sp³-hybridized carbons (Fsp3) is 0.200. The number of hydrogen-bond donors (Lipinski definition) is 0. The molecule has 0 bridgehead atoms. The van der Waals surface area contributed by atoms with Crippen LogP contribution in [0.5, 0.6) is 23.0 Å². The predicted molar refractivity (Wildman–Crippen MR) is 166 cm³/mol. The Kier molecular flexibility index (Phi) is 8.79. The third-order valence-electron chi connectivity index (χ3n) is 6.79. The quantitative estimate of drug-likeness (QED) is 0.266. The lowest BCUT2D eigenvalue weighted by atomic mass is 10.2. The highest BCUT2D eigenvalue weighted by Gasteiger charge is 2.19. The molecule has 0 spiro atoms. The molecule has 2 aliphatic heterocycles. The highest BCUT2D eigenvalue weighted by Crippen LogP contribution is 2.32. The van der Waals surface area contributed by atoms with Gasteiger partial charge in [0.25, 0.3) is 0 Å². The molecule has 0 amide bonds. The van der Waals surface area contributed by atoms with E-state index in [9.17, 15) is 0 Å². The minimum absolute atomic E-state index is 0.458. The highest BCUT2D eigenvalue weighted by molar-refractivity contribution is 5.53. The summed E-state index contributed by atoms with van der Waals surface area (Å²) in [6, 6.07) is 23.6. The third kappa shape index (κ3) is 7.03. The van der Waals surface area contributed by atoms with E-state index in [1.807, 2.05) is 66.7 Å². The second-order valence-corrected chi connectivity index (χ2v) is 9.93. The third-order valence-corrected chi connectivity index (χ3v) is 6.79. The summed E-state index contributed by atoms with van der Waals surface area (Å²) in [5.74, 6) is 4.64. The Bertz CT molecular complexity index is 1470. The van der Waals surface area contributed by atoms with Crippen molar-refractivity contribution in [1.82, 2.24) is 0 Å². The highest BCUT2D eigenvalue weighted by atomic mass is 16.5. The summed E-state index contributed by atoms with van der Waals surface area (Å²) >= 11 is 0. The smallest absolute Gasteiger partial charge is 0.161 e. The van der Waals surface area contributed by atoms with E-state index in [0.29, 0.717) is 31.5 Å². The van der Waals surface area contributed by atoms with Crippen LogP contribution in [0.2, 0.25) is 0 Å². The van der Waals surface area contributed by atoms with E-state index in [4.69, 9.17) is 18.9 Å². The van der Waals surface area contributed by atoms with Gasteiger partial charge in [0.2, 0.25) is 0 Å². The predicted octanol–water partition coefficient (Wildman–Crippen LogP) is 8.73. The molecular weight excluding hydrogens is 512 g/mol. The second kappa shape index (κ2) is 13.0. The van der Waals surface area contributed by atoms with Crippen LogP contribution in [0.15, 0.2) is 133 Å². The molecule has 1 fully saturated rings. The van der Waals surface area contributed by atoms with Gasteiger partial charge in [0.15, 0.2) is 13.5 Å². The van der Waals surface area contributed by atoms with Gasteiger partial charge >= 0.3 is 0 Å². The van der Waals surface area contributed by atoms with Crippen molar-refractivity contribution in [2.45, 2.75) is 20.3 Å². The maximum atomic E-state index is 6.13. The van der Waals surface area contributed by atoms with Crippen LogP contribution in [0.4, 0.5) is 11.4 Å². The van der Waals surface area contributed by atoms with Gasteiger partial charge in [0, 0.05) is 36.1 Å². The Hall–Kier alpha value is -4.84. The van der Waals surface area contributed by atoms with E-state index in [2.05, 4.69) is 61.1 Å². The van der Waals surface area contributed by atoms with Crippen LogP contribution in [0.25, 0.3) is 0 Å². The fourth-order valence-electron chi connectivity index (χ4n) is 4.63. The minimum atomic E-state index is 0.458. The average Bonchev–Trinajstić information content (AvgIpc) is 2.99. The molecule has 0 saturated carbocycles. The van der Waals surface area contributed by atoms with Crippen LogP contribution >= 0.6 is 0 Å². The number of ether oxygens (including phenoxy) is 4. The Morgan fingerprint density at radius 2 is 1.39 bits per heavy atom. The number of rotatable bonds is 9. The first-order chi connectivity index (χ1) is 20.0. The molecule has 2 aliphatic rings. The first kappa shape index (κ1) is 27.7. The van der Waals surface area contributed by atoms with Gasteiger partial charge in [0.1, 0.15) is 34.5 Å². The normalized spacial score (nSPS) is 16.5. The standard InChI is InChI=1S/C35H36N2O4/c1-5-7-12-35-27(4)23-37(25-39-35)29-15-19-31(20-16-29)41-33-11-8-10-32(21-33)40-30-17-13-28(14-18-30)36-22-26(3)34(9-6-2)38-24-36/h6-21H,2-3,5,22-25H2,1,4H3/b12-7-,34-9+. The number of benzene rings is 3. The maximum absolute atomic E-state index is 6.13. The molecule has 3 aromatic carbocycles. The summed E-state index contributed by atoms with van der Waals surface area (Å²) in [6.07, 6.45) is 8.74. The van der Waals surface area contributed by atoms with Crippen molar-refractivity contribution in [3.05, 3.63) is 133 Å². The van der Waals surface area contributed by atoms with Gasteiger partial charge in [0.05, 0.1) is 0 Å². The number of hydrogen-bond acceptors (Lipinski definition) is 6. The zero-order chi connectivity index (χ0) is 28.6. The first-order valence-electron chi connectivity index (χ1n) is 13.8. The molecular formula is C35H36N2O4. The number of nitrogens with zero attached hydrogens (tertiary/aromatic N) is 2. The lowest BCUT2D eigenvalue weighted by Gasteiger charge is -2.32. The largest absolute Gasteiger partial charge is 0.473 e. The van der Waals surface area contributed by atoms with Crippen molar-refractivity contribution in [3.63, 3.8) is 0 Å². The first-order valence-corrected chi connectivity index (χ1v) is 13.8. The Morgan fingerprint density at radius 3 is 1.93 bits per heavy atom. The van der Waals surface area contributed by atoms with E-state index >= 15 is 0 Å². The Morgan fingerprint density at radius 1 is 0.805 bits per heavy atom. The topological polar surface area (TPSA) is 43.4 Å². The molecule has 6 heteroatoms. The van der Waals surface area contributed by atoms with Crippen molar-refractivity contribution in [2.75, 3.05) is 36.4 Å². The summed E-state index contributed by atoms with van der Waals surface area (Å²) in [4.78, 5) is 4.32. The SMILES string of the molecule is C=C/C=C1/OCN(c2ccc(Oc3cccc(Oc4ccc(N5COC(/C=C\CC)=C(C)C5)cc4)c3)cc2)CC1=C. The van der Waals surface area contributed by atoms with Gasteiger partial charge in [-0.25, -0.2) is 0 Å². The van der Waals surface area contributed by atoms with Crippen LogP contribution in [0.1, 0.15) is 20.3 Å². The van der Waals surface area contributed by atoms with Gasteiger partial charge in [-0.1, -0.05) is 38.3 Å². The van der Waals surface area contributed by atoms with Crippen molar-refractivity contribution in [3.8, 4) is 23.0 Å². The minimum Gasteiger partial charge on any atom is -0.473 e. The van der Waals surface area contributed by atoms with Crippen molar-refractivity contribution in [1.29, 1.82) is 0 Å². The zero-order valence-corrected chi connectivity index (χ0v) is 23.7. The molecule has 5 rings (SSSR count). The molecule has 0 radical (unpaired) electrons. The molecule has 0 aromatic heterocycles. The average molecular weight is 549 g/mol. The van der Waals surface area contributed by atoms with Crippen LogP contribution in [-0.2, 0) is 9.47 Å². The van der Waals surface area contributed by atoms with E-state index in [1.165, 1.54) is 5.57 Å². The van der Waals surface area contributed by atoms with Crippen LogP contribution < -0.4 is 19.3 Å². The van der Waals surface area contributed by atoms with E-state index in [1.54, 1.807) is 6.08 Å². The van der Waals surface area contributed by atoms with Crippen LogP contribution in [0, 0.1) is 0 Å². The summed E-state index contributed by atoms with van der Waals surface area (Å²) in [5.41, 5.74) is 4.26. The van der Waals surface area contributed by atoms with Gasteiger partial charge in [-0.2, -0.15) is 0 Å². The molecule has 2 heterocycles. The fourth-order valence-corrected chi connectivity index (χ4v) is 4.63. The Balaban J connectivity index is 1.17. The van der Waals surface area contributed by atoms with Gasteiger partial charge in [-0.15, -0.1) is 0 Å². The molecule has 3 aromatic rings. The maximum Gasteiger partial charge on any atom is 0.161 e. The second-order valence-electron chi connectivity index (χ2n) is 9.93. The van der Waals surface area contributed by atoms with Gasteiger partial charge in [-0.05, 0) is 91.7 Å². The molecule has 6 nitrogen and oxygen atoms in total. The van der Waals surface area contributed by atoms with E-state index in [0.717, 1.165) is 52.9 Å². The molecule has 0 aliphatic carbocycles. The lowest BCUT2D eigenvalue weighted by Crippen LogP contribution is -2.33. The monoisotopic (exact) mass is 548 g/mol. The van der Waals surface area contributed by atoms with Crippen molar-refractivity contribution >= 4 is 11.4 Å². The molecule has 41 heavy (non-hydrogen) atoms. The van der Waals surface area contributed by atoms with E-state index < -0.39 is 0 Å². The lowest BCUT2D eigenvalue weighted by molar-refractivity contribution is 0.202. The Labute approximate surface area is 242 Å². The summed E-state index contributed by atoms with van der Waals surface area (Å²) in [6.45, 7) is 14.6. The number of allylic oxidation sites excluding steroid dienone is 4. The molecule has 0 unspecified atom stereocenters. The van der Waals surface area contributed by atoms with Crippen molar-refractivity contribution in [2.24, 2.45) is 0 Å². The van der Waals surface area contributed by atoms with Crippen molar-refractivity contribution < 1.29 is 18.9 Å². The van der Waals surface area contributed by atoms with Gasteiger partial charge in [-0.3, -0.25) is 0 Å². The number of anilines is 2. The summed E-state index contributed by atoms with van der Waals surface area (Å²) in [5, 5.41) is 0. The molecule has 0 N–H and O–H groups in total.